The smallest absolute Gasteiger partial charge is 0.257 e. The SMILES string of the molecule is CCC(NC(=O)c1cn(CCOC)cc(C(=O)NCc2c(F)cccc2F)c1=O)c1cccs1. The van der Waals surface area contributed by atoms with Crippen LogP contribution in [0, 0.1) is 11.6 Å². The van der Waals surface area contributed by atoms with Crippen LogP contribution in [0.3, 0.4) is 0 Å². The predicted molar refractivity (Wildman–Crippen MR) is 125 cm³/mol. The Morgan fingerprint density at radius 2 is 1.76 bits per heavy atom. The van der Waals surface area contributed by atoms with Gasteiger partial charge in [-0.2, -0.15) is 0 Å². The first-order chi connectivity index (χ1) is 16.3. The van der Waals surface area contributed by atoms with Gasteiger partial charge in [0.25, 0.3) is 11.8 Å². The fourth-order valence-electron chi connectivity index (χ4n) is 3.35. The molecule has 0 spiro atoms. The summed E-state index contributed by atoms with van der Waals surface area (Å²) in [7, 11) is 1.50. The molecule has 3 rings (SSSR count). The van der Waals surface area contributed by atoms with E-state index in [0.29, 0.717) is 6.42 Å². The molecule has 0 radical (unpaired) electrons. The number of pyridine rings is 1. The number of hydrogen-bond donors (Lipinski definition) is 2. The van der Waals surface area contributed by atoms with Crippen LogP contribution in [0.4, 0.5) is 8.78 Å². The number of rotatable bonds is 10. The number of ether oxygens (including phenoxy) is 1. The standard InChI is InChI=1S/C24H25F2N3O4S/c1-3-20(21-8-5-11-34-21)28-24(32)17-14-29(9-10-33-2)13-16(22(17)30)23(31)27-12-15-18(25)6-4-7-19(15)26/h4-8,11,13-14,20H,3,9-10,12H2,1-2H3,(H,27,31)(H,28,32). The van der Waals surface area contributed by atoms with Gasteiger partial charge in [-0.25, -0.2) is 8.78 Å². The number of nitrogens with one attached hydrogen (secondary N) is 2. The highest BCUT2D eigenvalue weighted by Crippen LogP contribution is 2.22. The highest BCUT2D eigenvalue weighted by atomic mass is 32.1. The molecule has 2 amide bonds. The second-order valence-corrected chi connectivity index (χ2v) is 8.46. The summed E-state index contributed by atoms with van der Waals surface area (Å²) in [6.07, 6.45) is 3.27. The second kappa shape index (κ2) is 11.7. The van der Waals surface area contributed by atoms with Gasteiger partial charge in [0.1, 0.15) is 22.8 Å². The number of aromatic nitrogens is 1. The average Bonchev–Trinajstić information content (AvgIpc) is 3.36. The quantitative estimate of drug-likeness (QED) is 0.455. The molecular weight excluding hydrogens is 464 g/mol. The second-order valence-electron chi connectivity index (χ2n) is 7.48. The Hall–Kier alpha value is -3.37. The molecule has 34 heavy (non-hydrogen) atoms. The van der Waals surface area contributed by atoms with Crippen molar-refractivity contribution < 1.29 is 23.1 Å². The predicted octanol–water partition coefficient (Wildman–Crippen LogP) is 3.65. The van der Waals surface area contributed by atoms with Crippen LogP contribution < -0.4 is 16.1 Å². The van der Waals surface area contributed by atoms with E-state index < -0.39 is 35.4 Å². The van der Waals surface area contributed by atoms with Crippen LogP contribution in [0.5, 0.6) is 0 Å². The number of carbonyl (C=O) groups excluding carboxylic acids is 2. The largest absolute Gasteiger partial charge is 0.383 e. The molecule has 1 atom stereocenters. The molecule has 0 bridgehead atoms. The minimum absolute atomic E-state index is 0.212. The van der Waals surface area contributed by atoms with Gasteiger partial charge >= 0.3 is 0 Å². The molecule has 7 nitrogen and oxygen atoms in total. The third-order valence-corrected chi connectivity index (χ3v) is 6.20. The van der Waals surface area contributed by atoms with Crippen molar-refractivity contribution in [2.24, 2.45) is 0 Å². The summed E-state index contributed by atoms with van der Waals surface area (Å²) < 4.78 is 34.4. The molecule has 0 aliphatic rings. The molecule has 0 fully saturated rings. The fraction of sp³-hybridized carbons (Fsp3) is 0.292. The van der Waals surface area contributed by atoms with Crippen molar-refractivity contribution in [3.05, 3.63) is 91.5 Å². The Labute approximate surface area is 199 Å². The summed E-state index contributed by atoms with van der Waals surface area (Å²) in [6, 6.07) is 6.83. The van der Waals surface area contributed by atoms with Crippen LogP contribution in [-0.2, 0) is 17.8 Å². The molecule has 0 saturated carbocycles. The van der Waals surface area contributed by atoms with Crippen molar-refractivity contribution in [3.8, 4) is 0 Å². The maximum atomic E-state index is 13.9. The minimum Gasteiger partial charge on any atom is -0.383 e. The normalized spacial score (nSPS) is 11.8. The Bertz CT molecular complexity index is 1190. The van der Waals surface area contributed by atoms with Crippen molar-refractivity contribution >= 4 is 23.2 Å². The van der Waals surface area contributed by atoms with Crippen molar-refractivity contribution in [2.45, 2.75) is 32.5 Å². The van der Waals surface area contributed by atoms with Crippen molar-refractivity contribution in [1.29, 1.82) is 0 Å². The first-order valence-corrected chi connectivity index (χ1v) is 11.5. The zero-order valence-electron chi connectivity index (χ0n) is 18.8. The number of carbonyl (C=O) groups is 2. The van der Waals surface area contributed by atoms with Gasteiger partial charge < -0.3 is 19.9 Å². The van der Waals surface area contributed by atoms with E-state index in [1.54, 1.807) is 0 Å². The van der Waals surface area contributed by atoms with Gasteiger partial charge in [-0.15, -0.1) is 11.3 Å². The van der Waals surface area contributed by atoms with Gasteiger partial charge in [-0.3, -0.25) is 14.4 Å². The van der Waals surface area contributed by atoms with Gasteiger partial charge in [0, 0.05) is 43.0 Å². The maximum absolute atomic E-state index is 13.9. The molecule has 1 unspecified atom stereocenters. The fourth-order valence-corrected chi connectivity index (χ4v) is 4.21. The van der Waals surface area contributed by atoms with E-state index in [-0.39, 0.29) is 35.9 Å². The molecular formula is C24H25F2N3O4S. The lowest BCUT2D eigenvalue weighted by atomic mass is 10.1. The van der Waals surface area contributed by atoms with Crippen LogP contribution in [0.1, 0.15) is 50.5 Å². The number of hydrogen-bond acceptors (Lipinski definition) is 5. The third kappa shape index (κ3) is 5.95. The zero-order valence-corrected chi connectivity index (χ0v) is 19.6. The molecule has 2 aromatic heterocycles. The van der Waals surface area contributed by atoms with Crippen LogP contribution >= 0.6 is 11.3 Å². The number of amides is 2. The number of nitrogens with zero attached hydrogens (tertiary/aromatic N) is 1. The molecule has 0 aliphatic heterocycles. The topological polar surface area (TPSA) is 89.4 Å². The average molecular weight is 490 g/mol. The van der Waals surface area contributed by atoms with Gasteiger partial charge in [0.05, 0.1) is 12.6 Å². The lowest BCUT2D eigenvalue weighted by Crippen LogP contribution is -2.36. The Balaban J connectivity index is 1.89. The molecule has 2 N–H and O–H groups in total. The van der Waals surface area contributed by atoms with Gasteiger partial charge in [-0.1, -0.05) is 19.1 Å². The van der Waals surface area contributed by atoms with E-state index in [2.05, 4.69) is 10.6 Å². The summed E-state index contributed by atoms with van der Waals surface area (Å²) >= 11 is 1.49. The molecule has 10 heteroatoms. The summed E-state index contributed by atoms with van der Waals surface area (Å²) in [5, 5.41) is 7.11. The number of halogens is 2. The van der Waals surface area contributed by atoms with E-state index in [9.17, 15) is 23.2 Å². The third-order valence-electron chi connectivity index (χ3n) is 5.21. The maximum Gasteiger partial charge on any atom is 0.257 e. The molecule has 3 aromatic rings. The Morgan fingerprint density at radius 1 is 1.09 bits per heavy atom. The Kier molecular flexibility index (Phi) is 8.67. The highest BCUT2D eigenvalue weighted by Gasteiger charge is 2.22. The summed E-state index contributed by atoms with van der Waals surface area (Å²) in [5.74, 6) is -3.10. The molecule has 0 aliphatic carbocycles. The van der Waals surface area contributed by atoms with Crippen LogP contribution in [-0.4, -0.2) is 30.1 Å². The minimum atomic E-state index is -0.848. The number of benzene rings is 1. The number of methoxy groups -OCH3 is 1. The lowest BCUT2D eigenvalue weighted by molar-refractivity contribution is 0.0933. The van der Waals surface area contributed by atoms with Crippen LogP contribution in [0.2, 0.25) is 0 Å². The molecule has 180 valence electrons. The number of thiophene rings is 1. The van der Waals surface area contributed by atoms with E-state index in [1.807, 2.05) is 24.4 Å². The van der Waals surface area contributed by atoms with Gasteiger partial charge in [-0.05, 0) is 30.0 Å². The molecule has 1 aromatic carbocycles. The van der Waals surface area contributed by atoms with Gasteiger partial charge in [0.2, 0.25) is 5.43 Å². The van der Waals surface area contributed by atoms with Crippen molar-refractivity contribution in [2.75, 3.05) is 13.7 Å². The summed E-state index contributed by atoms with van der Waals surface area (Å²) in [4.78, 5) is 39.8. The highest BCUT2D eigenvalue weighted by molar-refractivity contribution is 7.10. The van der Waals surface area contributed by atoms with E-state index in [4.69, 9.17) is 4.74 Å². The van der Waals surface area contributed by atoms with E-state index in [1.165, 1.54) is 41.5 Å². The first-order valence-electron chi connectivity index (χ1n) is 10.6. The first kappa shape index (κ1) is 25.3. The van der Waals surface area contributed by atoms with Crippen molar-refractivity contribution in [1.82, 2.24) is 15.2 Å². The zero-order chi connectivity index (χ0) is 24.7. The van der Waals surface area contributed by atoms with Crippen molar-refractivity contribution in [3.63, 3.8) is 0 Å². The molecule has 2 heterocycles. The summed E-state index contributed by atoms with van der Waals surface area (Å²) in [6.45, 7) is 2.01. The van der Waals surface area contributed by atoms with E-state index >= 15 is 0 Å². The summed E-state index contributed by atoms with van der Waals surface area (Å²) in [5.41, 5.74) is -1.63. The van der Waals surface area contributed by atoms with E-state index in [0.717, 1.165) is 17.0 Å². The van der Waals surface area contributed by atoms with Crippen LogP contribution in [0.15, 0.2) is 52.9 Å². The lowest BCUT2D eigenvalue weighted by Gasteiger charge is -2.17. The monoisotopic (exact) mass is 489 g/mol. The molecule has 0 saturated heterocycles. The van der Waals surface area contributed by atoms with Gasteiger partial charge in [0.15, 0.2) is 0 Å². The Morgan fingerprint density at radius 3 is 2.35 bits per heavy atom. The van der Waals surface area contributed by atoms with Crippen LogP contribution in [0.25, 0.3) is 0 Å².